The van der Waals surface area contributed by atoms with Crippen molar-refractivity contribution in [2.75, 3.05) is 39.3 Å². The monoisotopic (exact) mass is 325 g/mol. The van der Waals surface area contributed by atoms with Crippen LogP contribution in [0.1, 0.15) is 47.0 Å². The molecule has 1 amide bonds. The van der Waals surface area contributed by atoms with Gasteiger partial charge in [0.15, 0.2) is 5.96 Å². The van der Waals surface area contributed by atoms with Crippen molar-refractivity contribution >= 4 is 11.9 Å². The van der Waals surface area contributed by atoms with Crippen molar-refractivity contribution in [3.05, 3.63) is 0 Å². The van der Waals surface area contributed by atoms with Gasteiger partial charge in [-0.15, -0.1) is 0 Å². The highest BCUT2D eigenvalue weighted by molar-refractivity contribution is 5.80. The highest BCUT2D eigenvalue weighted by Gasteiger charge is 2.23. The molecule has 6 nitrogen and oxygen atoms in total. The predicted molar refractivity (Wildman–Crippen MR) is 96.5 cm³/mol. The van der Waals surface area contributed by atoms with E-state index in [9.17, 15) is 4.79 Å². The summed E-state index contributed by atoms with van der Waals surface area (Å²) in [4.78, 5) is 20.7. The van der Waals surface area contributed by atoms with Crippen molar-refractivity contribution < 1.29 is 4.79 Å². The molecule has 1 aliphatic heterocycles. The number of aliphatic imine (C=N–C) groups is 1. The maximum atomic E-state index is 11.2. The van der Waals surface area contributed by atoms with Crippen molar-refractivity contribution in [3.63, 3.8) is 0 Å². The Labute approximate surface area is 141 Å². The lowest BCUT2D eigenvalue weighted by molar-refractivity contribution is -0.119. The fourth-order valence-corrected chi connectivity index (χ4v) is 3.20. The van der Waals surface area contributed by atoms with Gasteiger partial charge < -0.3 is 16.0 Å². The molecular weight excluding hydrogens is 290 g/mol. The minimum atomic E-state index is -0.200. The van der Waals surface area contributed by atoms with Crippen LogP contribution in [0.2, 0.25) is 0 Å². The minimum Gasteiger partial charge on any atom is -0.370 e. The van der Waals surface area contributed by atoms with Crippen molar-refractivity contribution in [1.29, 1.82) is 0 Å². The van der Waals surface area contributed by atoms with Gasteiger partial charge in [0.2, 0.25) is 5.91 Å². The first-order valence-electron chi connectivity index (χ1n) is 9.03. The van der Waals surface area contributed by atoms with E-state index < -0.39 is 0 Å². The van der Waals surface area contributed by atoms with Gasteiger partial charge in [0.25, 0.3) is 0 Å². The van der Waals surface area contributed by atoms with Crippen molar-refractivity contribution in [3.8, 4) is 0 Å². The van der Waals surface area contributed by atoms with Gasteiger partial charge in [0, 0.05) is 38.6 Å². The van der Waals surface area contributed by atoms with E-state index >= 15 is 0 Å². The van der Waals surface area contributed by atoms with Gasteiger partial charge in [0.05, 0.1) is 6.54 Å². The lowest BCUT2D eigenvalue weighted by Crippen LogP contribution is -2.47. The van der Waals surface area contributed by atoms with Gasteiger partial charge >= 0.3 is 0 Å². The first kappa shape index (κ1) is 19.7. The maximum Gasteiger partial charge on any atom is 0.217 e. The highest BCUT2D eigenvalue weighted by atomic mass is 16.1. The molecule has 1 rings (SSSR count). The third kappa shape index (κ3) is 7.20. The summed E-state index contributed by atoms with van der Waals surface area (Å²) in [5, 5.41) is 3.39. The number of rotatable bonds is 8. The van der Waals surface area contributed by atoms with E-state index in [1.54, 1.807) is 0 Å². The van der Waals surface area contributed by atoms with Crippen molar-refractivity contribution in [2.45, 2.75) is 53.0 Å². The summed E-state index contributed by atoms with van der Waals surface area (Å²) in [6.45, 7) is 14.3. The number of piperidine rings is 1. The van der Waals surface area contributed by atoms with Gasteiger partial charge in [-0.3, -0.25) is 14.7 Å². The molecule has 1 aliphatic rings. The third-order valence-corrected chi connectivity index (χ3v) is 4.43. The number of nitrogens with zero attached hydrogens (tertiary/aromatic N) is 3. The normalized spacial score (nSPS) is 19.5. The van der Waals surface area contributed by atoms with Gasteiger partial charge in [-0.05, 0) is 46.1 Å². The van der Waals surface area contributed by atoms with Crippen molar-refractivity contribution in [1.82, 2.24) is 15.1 Å². The number of carbonyl (C=O) groups excluding carboxylic acids is 1. The zero-order valence-electron chi connectivity index (χ0n) is 15.3. The Morgan fingerprint density at radius 2 is 2.17 bits per heavy atom. The fraction of sp³-hybridized carbons (Fsp3) is 0.882. The molecule has 6 heteroatoms. The average Bonchev–Trinajstić information content (AvgIpc) is 2.49. The van der Waals surface area contributed by atoms with Crippen LogP contribution in [0.25, 0.3) is 0 Å². The van der Waals surface area contributed by atoms with Crippen molar-refractivity contribution in [2.24, 2.45) is 16.6 Å². The second kappa shape index (κ2) is 10.5. The molecule has 1 atom stereocenters. The van der Waals surface area contributed by atoms with E-state index in [1.165, 1.54) is 0 Å². The number of amides is 1. The molecule has 0 aliphatic carbocycles. The van der Waals surface area contributed by atoms with Crippen LogP contribution < -0.4 is 11.1 Å². The van der Waals surface area contributed by atoms with Gasteiger partial charge in [-0.1, -0.05) is 6.92 Å². The summed E-state index contributed by atoms with van der Waals surface area (Å²) < 4.78 is 0. The number of carbonyl (C=O) groups is 1. The molecule has 0 aromatic heterocycles. The number of hydrogen-bond donors (Lipinski definition) is 2. The molecule has 0 aromatic carbocycles. The number of likely N-dealkylation sites (tertiary alicyclic amines) is 1. The smallest absolute Gasteiger partial charge is 0.217 e. The van der Waals surface area contributed by atoms with Crippen LogP contribution in [-0.2, 0) is 4.79 Å². The van der Waals surface area contributed by atoms with Crippen LogP contribution in [-0.4, -0.2) is 67.0 Å². The van der Waals surface area contributed by atoms with Crippen LogP contribution in [0.4, 0.5) is 0 Å². The SMILES string of the molecule is CCNC(=NCCN(CC)C(C)C)N1CCCC(CC(N)=O)C1. The van der Waals surface area contributed by atoms with E-state index in [0.717, 1.165) is 58.1 Å². The Balaban J connectivity index is 2.61. The molecule has 0 saturated carbocycles. The number of likely N-dealkylation sites (N-methyl/N-ethyl adjacent to an activating group) is 1. The topological polar surface area (TPSA) is 74.0 Å². The largest absolute Gasteiger partial charge is 0.370 e. The third-order valence-electron chi connectivity index (χ3n) is 4.43. The Morgan fingerprint density at radius 1 is 1.43 bits per heavy atom. The first-order chi connectivity index (χ1) is 11.0. The zero-order valence-corrected chi connectivity index (χ0v) is 15.3. The summed E-state index contributed by atoms with van der Waals surface area (Å²) in [6, 6.07) is 0.549. The Kier molecular flexibility index (Phi) is 8.99. The molecule has 0 aromatic rings. The molecule has 23 heavy (non-hydrogen) atoms. The Bertz CT molecular complexity index is 383. The molecule has 1 unspecified atom stereocenters. The standard InChI is InChI=1S/C17H35N5O/c1-5-19-17(20-9-11-21(6-2)14(3)4)22-10-7-8-15(13-22)12-16(18)23/h14-15H,5-13H2,1-4H3,(H2,18,23)(H,19,20). The van der Waals surface area contributed by atoms with Gasteiger partial charge in [-0.25, -0.2) is 0 Å². The second-order valence-electron chi connectivity index (χ2n) is 6.58. The maximum absolute atomic E-state index is 11.2. The van der Waals surface area contributed by atoms with Crippen LogP contribution in [0.15, 0.2) is 4.99 Å². The number of nitrogens with one attached hydrogen (secondary N) is 1. The summed E-state index contributed by atoms with van der Waals surface area (Å²) in [5.74, 6) is 1.13. The van der Waals surface area contributed by atoms with Crippen LogP contribution >= 0.6 is 0 Å². The van der Waals surface area contributed by atoms with E-state index in [2.05, 4.69) is 42.8 Å². The van der Waals surface area contributed by atoms with E-state index in [0.29, 0.717) is 18.4 Å². The average molecular weight is 326 g/mol. The lowest BCUT2D eigenvalue weighted by Gasteiger charge is -2.35. The Morgan fingerprint density at radius 3 is 2.74 bits per heavy atom. The molecule has 0 radical (unpaired) electrons. The molecule has 1 heterocycles. The number of primary amides is 1. The summed E-state index contributed by atoms with van der Waals surface area (Å²) in [6.07, 6.45) is 2.65. The molecule has 0 bridgehead atoms. The molecule has 3 N–H and O–H groups in total. The first-order valence-corrected chi connectivity index (χ1v) is 9.03. The number of hydrogen-bond acceptors (Lipinski definition) is 3. The highest BCUT2D eigenvalue weighted by Crippen LogP contribution is 2.19. The second-order valence-corrected chi connectivity index (χ2v) is 6.58. The minimum absolute atomic E-state index is 0.200. The molecule has 1 saturated heterocycles. The zero-order chi connectivity index (χ0) is 17.2. The van der Waals surface area contributed by atoms with Crippen LogP contribution in [0, 0.1) is 5.92 Å². The molecular formula is C17H35N5O. The van der Waals surface area contributed by atoms with Crippen LogP contribution in [0.5, 0.6) is 0 Å². The Hall–Kier alpha value is -1.30. The molecule has 1 fully saturated rings. The number of guanidine groups is 1. The lowest BCUT2D eigenvalue weighted by atomic mass is 9.95. The number of nitrogens with two attached hydrogens (primary N) is 1. The van der Waals surface area contributed by atoms with Gasteiger partial charge in [-0.2, -0.15) is 0 Å². The van der Waals surface area contributed by atoms with E-state index in [-0.39, 0.29) is 5.91 Å². The summed E-state index contributed by atoms with van der Waals surface area (Å²) >= 11 is 0. The van der Waals surface area contributed by atoms with Gasteiger partial charge in [0.1, 0.15) is 0 Å². The molecule has 134 valence electrons. The van der Waals surface area contributed by atoms with E-state index in [1.807, 2.05) is 0 Å². The quantitative estimate of drug-likeness (QED) is 0.521. The predicted octanol–water partition coefficient (Wildman–Crippen LogP) is 1.27. The van der Waals surface area contributed by atoms with E-state index in [4.69, 9.17) is 10.7 Å². The van der Waals surface area contributed by atoms with Crippen LogP contribution in [0.3, 0.4) is 0 Å². The summed E-state index contributed by atoms with van der Waals surface area (Å²) in [7, 11) is 0. The summed E-state index contributed by atoms with van der Waals surface area (Å²) in [5.41, 5.74) is 5.35. The fourth-order valence-electron chi connectivity index (χ4n) is 3.20. The molecule has 0 spiro atoms.